The molecule has 0 unspecified atom stereocenters. The summed E-state index contributed by atoms with van der Waals surface area (Å²) in [5, 5.41) is 2.88. The first-order chi connectivity index (χ1) is 14.1. The fourth-order valence-corrected chi connectivity index (χ4v) is 2.79. The molecule has 0 bridgehead atoms. The van der Waals surface area contributed by atoms with Crippen molar-refractivity contribution in [3.05, 3.63) is 78.4 Å². The van der Waals surface area contributed by atoms with Crippen LogP contribution in [0.25, 0.3) is 0 Å². The Morgan fingerprint density at radius 2 is 1.38 bits per heavy atom. The number of amides is 1. The van der Waals surface area contributed by atoms with Gasteiger partial charge in [-0.3, -0.25) is 4.79 Å². The largest absolute Gasteiger partial charge is 0.497 e. The van der Waals surface area contributed by atoms with E-state index in [-0.39, 0.29) is 5.91 Å². The Kier molecular flexibility index (Phi) is 6.58. The van der Waals surface area contributed by atoms with Gasteiger partial charge < -0.3 is 24.3 Å². The van der Waals surface area contributed by atoms with Crippen molar-refractivity contribution in [1.29, 1.82) is 0 Å². The Morgan fingerprint density at radius 3 is 2.00 bits per heavy atom. The summed E-state index contributed by atoms with van der Waals surface area (Å²) in [6.07, 6.45) is -0.851. The third kappa shape index (κ3) is 4.99. The predicted molar refractivity (Wildman–Crippen MR) is 111 cm³/mol. The monoisotopic (exact) mass is 393 g/mol. The average Bonchev–Trinajstić information content (AvgIpc) is 2.78. The SMILES string of the molecule is COc1ccc(O[C@@H](C(=O)Nc2ccc(OC)cc2OC)c2ccccc2)cc1. The van der Waals surface area contributed by atoms with Crippen molar-refractivity contribution >= 4 is 11.6 Å². The molecule has 0 saturated carbocycles. The molecule has 6 nitrogen and oxygen atoms in total. The van der Waals surface area contributed by atoms with Crippen LogP contribution < -0.4 is 24.3 Å². The number of carbonyl (C=O) groups excluding carboxylic acids is 1. The summed E-state index contributed by atoms with van der Waals surface area (Å²) in [6, 6.07) is 21.6. The van der Waals surface area contributed by atoms with E-state index in [1.165, 1.54) is 7.11 Å². The zero-order valence-corrected chi connectivity index (χ0v) is 16.5. The van der Waals surface area contributed by atoms with Crippen LogP contribution in [0.3, 0.4) is 0 Å². The van der Waals surface area contributed by atoms with Crippen LogP contribution in [-0.2, 0) is 4.79 Å². The van der Waals surface area contributed by atoms with Crippen molar-refractivity contribution in [2.24, 2.45) is 0 Å². The maximum atomic E-state index is 13.1. The van der Waals surface area contributed by atoms with Crippen LogP contribution in [0.15, 0.2) is 72.8 Å². The lowest BCUT2D eigenvalue weighted by Gasteiger charge is -2.20. The fourth-order valence-electron chi connectivity index (χ4n) is 2.79. The van der Waals surface area contributed by atoms with Gasteiger partial charge in [0.1, 0.15) is 23.0 Å². The van der Waals surface area contributed by atoms with E-state index in [1.54, 1.807) is 56.7 Å². The second kappa shape index (κ2) is 9.50. The highest BCUT2D eigenvalue weighted by atomic mass is 16.5. The molecule has 1 amide bonds. The number of nitrogens with one attached hydrogen (secondary N) is 1. The van der Waals surface area contributed by atoms with Gasteiger partial charge in [0.2, 0.25) is 6.10 Å². The third-order valence-electron chi connectivity index (χ3n) is 4.32. The molecule has 3 rings (SSSR count). The Balaban J connectivity index is 1.86. The van der Waals surface area contributed by atoms with Crippen LogP contribution in [0, 0.1) is 0 Å². The average molecular weight is 393 g/mol. The molecule has 0 fully saturated rings. The van der Waals surface area contributed by atoms with Crippen molar-refractivity contribution in [1.82, 2.24) is 0 Å². The van der Waals surface area contributed by atoms with E-state index in [1.807, 2.05) is 30.3 Å². The van der Waals surface area contributed by atoms with Crippen molar-refractivity contribution < 1.29 is 23.7 Å². The van der Waals surface area contributed by atoms with Crippen LogP contribution in [-0.4, -0.2) is 27.2 Å². The number of hydrogen-bond donors (Lipinski definition) is 1. The molecule has 0 heterocycles. The second-order valence-electron chi connectivity index (χ2n) is 6.14. The molecule has 1 atom stereocenters. The van der Waals surface area contributed by atoms with Gasteiger partial charge in [-0.1, -0.05) is 30.3 Å². The van der Waals surface area contributed by atoms with Gasteiger partial charge in [0.05, 0.1) is 27.0 Å². The summed E-state index contributed by atoms with van der Waals surface area (Å²) >= 11 is 0. The minimum atomic E-state index is -0.851. The zero-order chi connectivity index (χ0) is 20.6. The van der Waals surface area contributed by atoms with Crippen molar-refractivity contribution in [2.75, 3.05) is 26.6 Å². The van der Waals surface area contributed by atoms with E-state index in [0.717, 1.165) is 5.56 Å². The lowest BCUT2D eigenvalue weighted by molar-refractivity contribution is -0.123. The molecular weight excluding hydrogens is 370 g/mol. The predicted octanol–water partition coefficient (Wildman–Crippen LogP) is 4.47. The first-order valence-electron chi connectivity index (χ1n) is 9.03. The Bertz CT molecular complexity index is 941. The summed E-state index contributed by atoms with van der Waals surface area (Å²) < 4.78 is 21.8. The summed E-state index contributed by atoms with van der Waals surface area (Å²) in [4.78, 5) is 13.1. The highest BCUT2D eigenvalue weighted by molar-refractivity contribution is 5.96. The van der Waals surface area contributed by atoms with E-state index >= 15 is 0 Å². The lowest BCUT2D eigenvalue weighted by Crippen LogP contribution is -2.26. The van der Waals surface area contributed by atoms with Gasteiger partial charge in [-0.2, -0.15) is 0 Å². The summed E-state index contributed by atoms with van der Waals surface area (Å²) in [5.74, 6) is 2.07. The number of methoxy groups -OCH3 is 3. The van der Waals surface area contributed by atoms with Gasteiger partial charge in [-0.05, 0) is 36.4 Å². The second-order valence-corrected chi connectivity index (χ2v) is 6.14. The first-order valence-corrected chi connectivity index (χ1v) is 9.03. The van der Waals surface area contributed by atoms with Crippen molar-refractivity contribution in [3.8, 4) is 23.0 Å². The van der Waals surface area contributed by atoms with Gasteiger partial charge in [0.15, 0.2) is 0 Å². The van der Waals surface area contributed by atoms with Gasteiger partial charge in [0.25, 0.3) is 5.91 Å². The number of rotatable bonds is 8. The van der Waals surface area contributed by atoms with Gasteiger partial charge in [-0.25, -0.2) is 0 Å². The van der Waals surface area contributed by atoms with Crippen molar-refractivity contribution in [3.63, 3.8) is 0 Å². The van der Waals surface area contributed by atoms with E-state index in [0.29, 0.717) is 28.7 Å². The minimum absolute atomic E-state index is 0.324. The molecule has 3 aromatic carbocycles. The minimum Gasteiger partial charge on any atom is -0.497 e. The maximum absolute atomic E-state index is 13.1. The molecular formula is C23H23NO5. The number of carbonyl (C=O) groups is 1. The number of hydrogen-bond acceptors (Lipinski definition) is 5. The summed E-state index contributed by atoms with van der Waals surface area (Å²) in [7, 11) is 4.70. The standard InChI is InChI=1S/C23H23NO5/c1-26-17-9-11-18(12-10-17)29-22(16-7-5-4-6-8-16)23(25)24-20-14-13-19(27-2)15-21(20)28-3/h4-15,22H,1-3H3,(H,24,25)/t22-/m1/s1. The van der Waals surface area contributed by atoms with Crippen LogP contribution in [0.1, 0.15) is 11.7 Å². The Hall–Kier alpha value is -3.67. The molecule has 0 aliphatic heterocycles. The Morgan fingerprint density at radius 1 is 0.759 bits per heavy atom. The van der Waals surface area contributed by atoms with E-state index in [4.69, 9.17) is 18.9 Å². The summed E-state index contributed by atoms with van der Waals surface area (Å²) in [6.45, 7) is 0. The smallest absolute Gasteiger partial charge is 0.270 e. The molecule has 0 saturated heterocycles. The molecule has 0 aliphatic rings. The van der Waals surface area contributed by atoms with Crippen LogP contribution >= 0.6 is 0 Å². The molecule has 29 heavy (non-hydrogen) atoms. The van der Waals surface area contributed by atoms with Crippen LogP contribution in [0.5, 0.6) is 23.0 Å². The molecule has 0 aliphatic carbocycles. The normalized spacial score (nSPS) is 11.3. The van der Waals surface area contributed by atoms with E-state index < -0.39 is 6.10 Å². The molecule has 3 aromatic rings. The molecule has 6 heteroatoms. The number of anilines is 1. The molecule has 150 valence electrons. The number of ether oxygens (including phenoxy) is 4. The van der Waals surface area contributed by atoms with Gasteiger partial charge >= 0.3 is 0 Å². The van der Waals surface area contributed by atoms with Gasteiger partial charge in [0, 0.05) is 11.6 Å². The highest BCUT2D eigenvalue weighted by Gasteiger charge is 2.24. The summed E-state index contributed by atoms with van der Waals surface area (Å²) in [5.41, 5.74) is 1.26. The quantitative estimate of drug-likeness (QED) is 0.612. The molecule has 0 radical (unpaired) electrons. The first kappa shape index (κ1) is 20.1. The molecule has 0 spiro atoms. The van der Waals surface area contributed by atoms with Crippen LogP contribution in [0.4, 0.5) is 5.69 Å². The van der Waals surface area contributed by atoms with E-state index in [9.17, 15) is 4.79 Å². The highest BCUT2D eigenvalue weighted by Crippen LogP contribution is 2.31. The maximum Gasteiger partial charge on any atom is 0.270 e. The topological polar surface area (TPSA) is 66.0 Å². The molecule has 1 N–H and O–H groups in total. The third-order valence-corrected chi connectivity index (χ3v) is 4.32. The fraction of sp³-hybridized carbons (Fsp3) is 0.174. The molecule has 0 aromatic heterocycles. The van der Waals surface area contributed by atoms with Crippen LogP contribution in [0.2, 0.25) is 0 Å². The van der Waals surface area contributed by atoms with Gasteiger partial charge in [-0.15, -0.1) is 0 Å². The van der Waals surface area contributed by atoms with Crippen molar-refractivity contribution in [2.45, 2.75) is 6.10 Å². The Labute approximate surface area is 170 Å². The van der Waals surface area contributed by atoms with E-state index in [2.05, 4.69) is 5.32 Å². The zero-order valence-electron chi connectivity index (χ0n) is 16.5. The number of benzene rings is 3. The lowest BCUT2D eigenvalue weighted by atomic mass is 10.1.